The molecule has 1 aliphatic rings. The lowest BCUT2D eigenvalue weighted by Gasteiger charge is -2.38. The fourth-order valence-electron chi connectivity index (χ4n) is 4.02. The molecular weight excluding hydrogens is 522 g/mol. The highest BCUT2D eigenvalue weighted by molar-refractivity contribution is 7.92. The van der Waals surface area contributed by atoms with Crippen molar-refractivity contribution in [3.63, 3.8) is 0 Å². The minimum atomic E-state index is -3.90. The van der Waals surface area contributed by atoms with Gasteiger partial charge in [-0.3, -0.25) is 9.52 Å². The second-order valence-corrected chi connectivity index (χ2v) is 12.9. The molecule has 0 aromatic heterocycles. The van der Waals surface area contributed by atoms with Gasteiger partial charge in [0.25, 0.3) is 5.91 Å². The van der Waals surface area contributed by atoms with Gasteiger partial charge in [0.05, 0.1) is 48.7 Å². The third-order valence-electron chi connectivity index (χ3n) is 6.19. The average Bonchev–Trinajstić information content (AvgIpc) is 2.85. The van der Waals surface area contributed by atoms with E-state index in [0.29, 0.717) is 5.75 Å². The second kappa shape index (κ2) is 11.3. The molecule has 2 aromatic carbocycles. The highest BCUT2D eigenvalue weighted by Crippen LogP contribution is 2.35. The molecule has 0 fully saturated rings. The molecule has 11 nitrogen and oxygen atoms in total. The summed E-state index contributed by atoms with van der Waals surface area (Å²) in [5, 5.41) is 9.78. The van der Waals surface area contributed by atoms with Crippen LogP contribution in [-0.2, 0) is 20.0 Å². The highest BCUT2D eigenvalue weighted by Gasteiger charge is 2.36. The van der Waals surface area contributed by atoms with Crippen molar-refractivity contribution in [1.82, 2.24) is 9.21 Å². The lowest BCUT2D eigenvalue weighted by molar-refractivity contribution is 0.0389. The Bertz CT molecular complexity index is 1330. The van der Waals surface area contributed by atoms with E-state index < -0.39 is 38.1 Å². The van der Waals surface area contributed by atoms with Crippen LogP contribution in [0.15, 0.2) is 47.4 Å². The van der Waals surface area contributed by atoms with E-state index in [9.17, 15) is 26.7 Å². The molecule has 13 heteroatoms. The van der Waals surface area contributed by atoms with Gasteiger partial charge in [-0.05, 0) is 43.3 Å². The van der Waals surface area contributed by atoms with Gasteiger partial charge in [0.2, 0.25) is 20.0 Å². The van der Waals surface area contributed by atoms with Gasteiger partial charge in [0.1, 0.15) is 11.9 Å². The van der Waals surface area contributed by atoms with Gasteiger partial charge in [0.15, 0.2) is 5.75 Å². The molecule has 0 unspecified atom stereocenters. The summed E-state index contributed by atoms with van der Waals surface area (Å²) in [5.74, 6) is -0.298. The first-order valence-electron chi connectivity index (χ1n) is 11.6. The molecule has 0 aliphatic carbocycles. The summed E-state index contributed by atoms with van der Waals surface area (Å²) >= 11 is 0. The van der Waals surface area contributed by atoms with E-state index >= 15 is 0 Å². The van der Waals surface area contributed by atoms with E-state index in [4.69, 9.17) is 9.47 Å². The van der Waals surface area contributed by atoms with Crippen molar-refractivity contribution in [2.24, 2.45) is 5.92 Å². The summed E-state index contributed by atoms with van der Waals surface area (Å²) in [6.45, 7) is 3.32. The number of benzene rings is 2. The number of rotatable bonds is 9. The Hall–Kier alpha value is -2.87. The first-order chi connectivity index (χ1) is 17.3. The number of nitrogens with zero attached hydrogens (tertiary/aromatic N) is 2. The third kappa shape index (κ3) is 6.53. The Labute approximate surface area is 218 Å². The molecule has 1 amide bonds. The fourth-order valence-corrected chi connectivity index (χ4v) is 5.76. The van der Waals surface area contributed by atoms with Crippen LogP contribution in [0, 0.1) is 5.92 Å². The number of hydrogen-bond acceptors (Lipinski definition) is 8. The predicted octanol–water partition coefficient (Wildman–Crippen LogP) is 1.61. The SMILES string of the molecule is COc1ccc(S(=O)(=O)N(C)C[C@@H]2Oc3c(NS(C)(=O)=O)cccc3C(=O)N([C@H](C)CO)C[C@H]2C)cc1. The lowest BCUT2D eigenvalue weighted by atomic mass is 9.99. The van der Waals surface area contributed by atoms with Crippen molar-refractivity contribution < 1.29 is 36.2 Å². The van der Waals surface area contributed by atoms with Crippen molar-refractivity contribution >= 4 is 31.6 Å². The number of sulfonamides is 2. The lowest BCUT2D eigenvalue weighted by Crippen LogP contribution is -2.50. The molecule has 2 N–H and O–H groups in total. The van der Waals surface area contributed by atoms with Gasteiger partial charge in [-0.25, -0.2) is 16.8 Å². The molecule has 0 saturated heterocycles. The number of fused-ring (bicyclic) bond motifs is 1. The number of ether oxygens (including phenoxy) is 2. The zero-order valence-corrected chi connectivity index (χ0v) is 23.0. The van der Waals surface area contributed by atoms with E-state index in [2.05, 4.69) is 4.72 Å². The van der Waals surface area contributed by atoms with Crippen molar-refractivity contribution in [3.8, 4) is 11.5 Å². The first-order valence-corrected chi connectivity index (χ1v) is 14.9. The van der Waals surface area contributed by atoms with Crippen molar-refractivity contribution in [3.05, 3.63) is 48.0 Å². The number of carbonyl (C=O) groups is 1. The van der Waals surface area contributed by atoms with Gasteiger partial charge >= 0.3 is 0 Å². The topological polar surface area (TPSA) is 143 Å². The second-order valence-electron chi connectivity index (χ2n) is 9.14. The molecule has 0 bridgehead atoms. The molecular formula is C24H33N3O8S2. The maximum absolute atomic E-state index is 13.4. The minimum absolute atomic E-state index is 0.000129. The number of nitrogens with one attached hydrogen (secondary N) is 1. The number of likely N-dealkylation sites (N-methyl/N-ethyl adjacent to an activating group) is 1. The molecule has 1 aliphatic heterocycles. The van der Waals surface area contributed by atoms with Crippen LogP contribution in [0.2, 0.25) is 0 Å². The summed E-state index contributed by atoms with van der Waals surface area (Å²) in [7, 11) is -4.71. The van der Waals surface area contributed by atoms with Crippen LogP contribution in [0.4, 0.5) is 5.69 Å². The Morgan fingerprint density at radius 3 is 2.41 bits per heavy atom. The number of amides is 1. The number of methoxy groups -OCH3 is 1. The molecule has 37 heavy (non-hydrogen) atoms. The van der Waals surface area contributed by atoms with Gasteiger partial charge in [-0.15, -0.1) is 0 Å². The van der Waals surface area contributed by atoms with E-state index in [1.807, 2.05) is 0 Å². The van der Waals surface area contributed by atoms with Crippen LogP contribution in [0.3, 0.4) is 0 Å². The van der Waals surface area contributed by atoms with Gasteiger partial charge in [-0.2, -0.15) is 4.31 Å². The van der Waals surface area contributed by atoms with E-state index in [0.717, 1.165) is 10.6 Å². The van der Waals surface area contributed by atoms with Crippen LogP contribution >= 0.6 is 0 Å². The Balaban J connectivity index is 2.03. The maximum atomic E-state index is 13.4. The Morgan fingerprint density at radius 2 is 1.84 bits per heavy atom. The quantitative estimate of drug-likeness (QED) is 0.475. The standard InChI is InChI=1S/C24H33N3O8S2/c1-16-13-27(17(2)15-28)24(29)20-7-6-8-21(25-36(5,30)31)23(20)35-22(16)14-26(3)37(32,33)19-11-9-18(34-4)10-12-19/h6-12,16-17,22,25,28H,13-15H2,1-5H3/t16-,17-,22+/m1/s1. The van der Waals surface area contributed by atoms with Gasteiger partial charge < -0.3 is 19.5 Å². The molecule has 204 valence electrons. The number of para-hydroxylation sites is 1. The zero-order chi connectivity index (χ0) is 27.5. The number of aliphatic hydroxyl groups is 1. The number of aliphatic hydroxyl groups excluding tert-OH is 1. The molecule has 1 heterocycles. The normalized spacial score (nSPS) is 19.4. The highest BCUT2D eigenvalue weighted by atomic mass is 32.2. The van der Waals surface area contributed by atoms with Crippen LogP contribution in [-0.4, -0.2) is 89.3 Å². The minimum Gasteiger partial charge on any atom is -0.497 e. The molecule has 3 rings (SSSR count). The summed E-state index contributed by atoms with van der Waals surface area (Å²) in [5.41, 5.74) is 0.163. The van der Waals surface area contributed by atoms with E-state index in [1.165, 1.54) is 49.4 Å². The van der Waals surface area contributed by atoms with Gasteiger partial charge in [-0.1, -0.05) is 13.0 Å². The summed E-state index contributed by atoms with van der Waals surface area (Å²) < 4.78 is 65.4. The van der Waals surface area contributed by atoms with Crippen molar-refractivity contribution in [1.29, 1.82) is 0 Å². The van der Waals surface area contributed by atoms with Crippen LogP contribution in [0.25, 0.3) is 0 Å². The van der Waals surface area contributed by atoms with Crippen LogP contribution in [0.1, 0.15) is 24.2 Å². The number of hydrogen-bond donors (Lipinski definition) is 2. The van der Waals surface area contributed by atoms with E-state index in [-0.39, 0.29) is 47.5 Å². The van der Waals surface area contributed by atoms with Crippen molar-refractivity contribution in [2.45, 2.75) is 30.9 Å². The van der Waals surface area contributed by atoms with Crippen LogP contribution < -0.4 is 14.2 Å². The molecule has 0 spiro atoms. The summed E-state index contributed by atoms with van der Waals surface area (Å²) in [6, 6.07) is 9.95. The largest absolute Gasteiger partial charge is 0.497 e. The first kappa shape index (κ1) is 28.7. The predicted molar refractivity (Wildman–Crippen MR) is 139 cm³/mol. The van der Waals surface area contributed by atoms with Crippen molar-refractivity contribution in [2.75, 3.05) is 44.8 Å². The average molecular weight is 556 g/mol. The Morgan fingerprint density at radius 1 is 1.19 bits per heavy atom. The van der Waals surface area contributed by atoms with Gasteiger partial charge in [0, 0.05) is 19.5 Å². The number of anilines is 1. The number of carbonyl (C=O) groups excluding carboxylic acids is 1. The molecule has 2 aromatic rings. The fraction of sp³-hybridized carbons (Fsp3) is 0.458. The monoisotopic (exact) mass is 555 g/mol. The van der Waals surface area contributed by atoms with E-state index in [1.54, 1.807) is 26.0 Å². The molecule has 0 saturated carbocycles. The molecule has 3 atom stereocenters. The smallest absolute Gasteiger partial charge is 0.258 e. The summed E-state index contributed by atoms with van der Waals surface area (Å²) in [6.07, 6.45) is 0.216. The summed E-state index contributed by atoms with van der Waals surface area (Å²) in [4.78, 5) is 15.0. The molecule has 0 radical (unpaired) electrons. The maximum Gasteiger partial charge on any atom is 0.258 e. The zero-order valence-electron chi connectivity index (χ0n) is 21.4. The Kier molecular flexibility index (Phi) is 8.73. The third-order valence-corrected chi connectivity index (χ3v) is 8.62. The van der Waals surface area contributed by atoms with Crippen LogP contribution in [0.5, 0.6) is 11.5 Å².